The average Bonchev–Trinajstić information content (AvgIpc) is 2.36. The van der Waals surface area contributed by atoms with Crippen LogP contribution < -0.4 is 10.1 Å². The van der Waals surface area contributed by atoms with Crippen LogP contribution in [0, 0.1) is 5.82 Å². The van der Waals surface area contributed by atoms with Crippen LogP contribution in [-0.4, -0.2) is 12.1 Å². The Morgan fingerprint density at radius 3 is 2.47 bits per heavy atom. The lowest BCUT2D eigenvalue weighted by molar-refractivity contribution is 0.431. The topological polar surface area (TPSA) is 29.5 Å². The van der Waals surface area contributed by atoms with Crippen LogP contribution in [0.5, 0.6) is 5.75 Å². The molecule has 17 heavy (non-hydrogen) atoms. The van der Waals surface area contributed by atoms with Crippen molar-refractivity contribution in [2.24, 2.45) is 0 Å². The number of hydrogen-bond acceptors (Lipinski definition) is 2. The summed E-state index contributed by atoms with van der Waals surface area (Å²) in [7, 11) is -1.17. The summed E-state index contributed by atoms with van der Waals surface area (Å²) in [5.74, 6) is -0.465. The van der Waals surface area contributed by atoms with Crippen molar-refractivity contribution in [3.05, 3.63) is 59.4 Å². The van der Waals surface area contributed by atoms with E-state index in [9.17, 15) is 9.41 Å². The molecule has 0 unspecified atom stereocenters. The molecule has 2 aromatic carbocycles. The standard InChI is InChI=1S/C12H9BClFO2/c14-12-10(15)7-4-8-11(12)17-13(16)9-5-2-1-3-6-9/h1-8,16H. The van der Waals surface area contributed by atoms with E-state index in [1.165, 1.54) is 18.2 Å². The molecule has 0 bridgehead atoms. The van der Waals surface area contributed by atoms with Gasteiger partial charge in [0.1, 0.15) is 16.6 Å². The number of benzene rings is 2. The van der Waals surface area contributed by atoms with E-state index in [1.54, 1.807) is 24.3 Å². The monoisotopic (exact) mass is 250 g/mol. The van der Waals surface area contributed by atoms with Crippen LogP contribution in [0.15, 0.2) is 48.5 Å². The summed E-state index contributed by atoms with van der Waals surface area (Å²) in [6, 6.07) is 13.0. The van der Waals surface area contributed by atoms with E-state index in [1.807, 2.05) is 6.07 Å². The maximum atomic E-state index is 13.1. The van der Waals surface area contributed by atoms with E-state index in [2.05, 4.69) is 0 Å². The molecule has 0 saturated heterocycles. The van der Waals surface area contributed by atoms with Gasteiger partial charge in [0.2, 0.25) is 0 Å². The maximum Gasteiger partial charge on any atom is 0.560 e. The summed E-state index contributed by atoms with van der Waals surface area (Å²) < 4.78 is 18.3. The van der Waals surface area contributed by atoms with Gasteiger partial charge in [-0.2, -0.15) is 0 Å². The third-order valence-electron chi connectivity index (χ3n) is 2.24. The Morgan fingerprint density at radius 2 is 1.76 bits per heavy atom. The minimum Gasteiger partial charge on any atom is -0.531 e. The summed E-state index contributed by atoms with van der Waals surface area (Å²) >= 11 is 5.71. The Morgan fingerprint density at radius 1 is 1.06 bits per heavy atom. The smallest absolute Gasteiger partial charge is 0.531 e. The molecule has 2 aromatic rings. The molecule has 0 amide bonds. The molecule has 0 radical (unpaired) electrons. The predicted molar refractivity (Wildman–Crippen MR) is 66.1 cm³/mol. The molecule has 0 aromatic heterocycles. The largest absolute Gasteiger partial charge is 0.560 e. The van der Waals surface area contributed by atoms with E-state index in [0.717, 1.165) is 0 Å². The summed E-state index contributed by atoms with van der Waals surface area (Å²) in [5, 5.41) is 9.65. The molecule has 2 nitrogen and oxygen atoms in total. The molecule has 86 valence electrons. The molecule has 1 N–H and O–H groups in total. The average molecular weight is 250 g/mol. The van der Waals surface area contributed by atoms with Crippen LogP contribution in [0.1, 0.15) is 0 Å². The van der Waals surface area contributed by atoms with Crippen molar-refractivity contribution >= 4 is 24.2 Å². The van der Waals surface area contributed by atoms with E-state index < -0.39 is 12.9 Å². The number of hydrogen-bond donors (Lipinski definition) is 1. The van der Waals surface area contributed by atoms with Crippen LogP contribution in [0.25, 0.3) is 0 Å². The Hall–Kier alpha value is -1.52. The van der Waals surface area contributed by atoms with Crippen molar-refractivity contribution in [2.45, 2.75) is 0 Å². The molecule has 0 heterocycles. The Bertz CT molecular complexity index is 507. The predicted octanol–water partition coefficient (Wildman–Crippen LogP) is 2.25. The lowest BCUT2D eigenvalue weighted by Crippen LogP contribution is -2.36. The van der Waals surface area contributed by atoms with Crippen molar-refractivity contribution in [1.29, 1.82) is 0 Å². The van der Waals surface area contributed by atoms with Crippen LogP contribution in [0.2, 0.25) is 5.02 Å². The van der Waals surface area contributed by atoms with Gasteiger partial charge in [-0.3, -0.25) is 0 Å². The zero-order valence-corrected chi connectivity index (χ0v) is 9.56. The molecule has 2 rings (SSSR count). The second-order valence-corrected chi connectivity index (χ2v) is 3.81. The molecule has 0 spiro atoms. The second-order valence-electron chi connectivity index (χ2n) is 3.43. The molecular formula is C12H9BClFO2. The van der Waals surface area contributed by atoms with Gasteiger partial charge < -0.3 is 9.68 Å². The third kappa shape index (κ3) is 2.78. The fourth-order valence-electron chi connectivity index (χ4n) is 1.38. The molecule has 0 saturated carbocycles. The maximum absolute atomic E-state index is 13.1. The Balaban J connectivity index is 2.19. The van der Waals surface area contributed by atoms with Gasteiger partial charge in [-0.15, -0.1) is 0 Å². The molecule has 0 aliphatic carbocycles. The van der Waals surface area contributed by atoms with Gasteiger partial charge in [-0.25, -0.2) is 4.39 Å². The first-order chi connectivity index (χ1) is 8.18. The Kier molecular flexibility index (Phi) is 3.66. The highest BCUT2D eigenvalue weighted by Crippen LogP contribution is 2.26. The van der Waals surface area contributed by atoms with Crippen LogP contribution in [0.4, 0.5) is 4.39 Å². The van der Waals surface area contributed by atoms with Crippen molar-refractivity contribution in [1.82, 2.24) is 0 Å². The third-order valence-corrected chi connectivity index (χ3v) is 2.61. The first-order valence-electron chi connectivity index (χ1n) is 5.02. The van der Waals surface area contributed by atoms with E-state index in [4.69, 9.17) is 16.3 Å². The lowest BCUT2D eigenvalue weighted by Gasteiger charge is -2.11. The van der Waals surface area contributed by atoms with Crippen molar-refractivity contribution < 1.29 is 14.1 Å². The normalized spacial score (nSPS) is 10.1. The summed E-state index contributed by atoms with van der Waals surface area (Å²) in [6.07, 6.45) is 0. The highest BCUT2D eigenvalue weighted by Gasteiger charge is 2.20. The van der Waals surface area contributed by atoms with Gasteiger partial charge in [0.25, 0.3) is 0 Å². The molecule has 0 atom stereocenters. The highest BCUT2D eigenvalue weighted by atomic mass is 35.5. The van der Waals surface area contributed by atoms with Crippen molar-refractivity contribution in [3.63, 3.8) is 0 Å². The molecule has 0 aliphatic rings. The van der Waals surface area contributed by atoms with Crippen LogP contribution in [-0.2, 0) is 0 Å². The van der Waals surface area contributed by atoms with Crippen molar-refractivity contribution in [3.8, 4) is 5.75 Å². The van der Waals surface area contributed by atoms with Gasteiger partial charge in [0.05, 0.1) is 0 Å². The van der Waals surface area contributed by atoms with Gasteiger partial charge in [0.15, 0.2) is 0 Å². The quantitative estimate of drug-likeness (QED) is 0.847. The zero-order valence-electron chi connectivity index (χ0n) is 8.81. The Labute approximate surface area is 104 Å². The fourth-order valence-corrected chi connectivity index (χ4v) is 1.55. The minimum atomic E-state index is -1.17. The summed E-state index contributed by atoms with van der Waals surface area (Å²) in [6.45, 7) is 0. The molecular weight excluding hydrogens is 241 g/mol. The van der Waals surface area contributed by atoms with Crippen LogP contribution in [0.3, 0.4) is 0 Å². The zero-order chi connectivity index (χ0) is 12.3. The highest BCUT2D eigenvalue weighted by molar-refractivity contribution is 6.60. The van der Waals surface area contributed by atoms with Crippen molar-refractivity contribution in [2.75, 3.05) is 0 Å². The minimum absolute atomic E-state index is 0.114. The molecule has 0 fully saturated rings. The summed E-state index contributed by atoms with van der Waals surface area (Å²) in [5.41, 5.74) is 0.577. The molecule has 0 aliphatic heterocycles. The van der Waals surface area contributed by atoms with Gasteiger partial charge in [-0.1, -0.05) is 48.0 Å². The van der Waals surface area contributed by atoms with Gasteiger partial charge >= 0.3 is 7.12 Å². The van der Waals surface area contributed by atoms with Crippen LogP contribution >= 0.6 is 11.6 Å². The van der Waals surface area contributed by atoms with E-state index in [-0.39, 0.29) is 10.8 Å². The van der Waals surface area contributed by atoms with E-state index in [0.29, 0.717) is 5.46 Å². The number of halogens is 2. The number of rotatable bonds is 3. The molecule has 5 heteroatoms. The second kappa shape index (κ2) is 5.21. The summed E-state index contributed by atoms with van der Waals surface area (Å²) in [4.78, 5) is 0. The first kappa shape index (κ1) is 12.0. The fraction of sp³-hybridized carbons (Fsp3) is 0. The van der Waals surface area contributed by atoms with Gasteiger partial charge in [-0.05, 0) is 17.6 Å². The first-order valence-corrected chi connectivity index (χ1v) is 5.40. The lowest BCUT2D eigenvalue weighted by atomic mass is 9.79. The van der Waals surface area contributed by atoms with Gasteiger partial charge in [0, 0.05) is 0 Å². The van der Waals surface area contributed by atoms with E-state index >= 15 is 0 Å². The SMILES string of the molecule is OB(Oc1cccc(F)c1Cl)c1ccccc1.